The van der Waals surface area contributed by atoms with Gasteiger partial charge in [0.2, 0.25) is 0 Å². The van der Waals surface area contributed by atoms with E-state index in [9.17, 15) is 0 Å². The third-order valence-electron chi connectivity index (χ3n) is 5.83. The van der Waals surface area contributed by atoms with Crippen molar-refractivity contribution in [3.63, 3.8) is 0 Å². The summed E-state index contributed by atoms with van der Waals surface area (Å²) >= 11 is 0. The molecule has 0 aliphatic heterocycles. The van der Waals surface area contributed by atoms with E-state index >= 15 is 0 Å². The molecule has 0 saturated heterocycles. The van der Waals surface area contributed by atoms with Crippen molar-refractivity contribution >= 4 is 0 Å². The fourth-order valence-electron chi connectivity index (χ4n) is 4.15. The van der Waals surface area contributed by atoms with E-state index in [-0.39, 0.29) is 0 Å². The number of nitrogens with two attached hydrogens (primary N) is 1. The molecule has 0 amide bonds. The molecule has 2 rings (SSSR count). The molecule has 4 atom stereocenters. The molecule has 1 nitrogen and oxygen atoms in total. The van der Waals surface area contributed by atoms with Gasteiger partial charge >= 0.3 is 0 Å². The van der Waals surface area contributed by atoms with Crippen molar-refractivity contribution in [2.45, 2.75) is 78.2 Å². The molecule has 104 valence electrons. The first-order valence-electron chi connectivity index (χ1n) is 8.05. The van der Waals surface area contributed by atoms with E-state index in [4.69, 9.17) is 5.73 Å². The van der Waals surface area contributed by atoms with Crippen LogP contribution in [0.15, 0.2) is 11.6 Å². The van der Waals surface area contributed by atoms with E-state index in [1.54, 1.807) is 5.57 Å². The van der Waals surface area contributed by atoms with Gasteiger partial charge in [0, 0.05) is 6.04 Å². The number of rotatable bonds is 2. The molecular weight excluding hydrogens is 218 g/mol. The summed E-state index contributed by atoms with van der Waals surface area (Å²) in [5.41, 5.74) is 8.61. The van der Waals surface area contributed by atoms with Gasteiger partial charge in [-0.2, -0.15) is 0 Å². The predicted octanol–water partition coefficient (Wildman–Crippen LogP) is 4.67. The second-order valence-corrected chi connectivity index (χ2v) is 6.75. The van der Waals surface area contributed by atoms with Crippen LogP contribution in [-0.4, -0.2) is 6.04 Å². The Bertz CT molecular complexity index is 307. The second kappa shape index (κ2) is 5.77. The summed E-state index contributed by atoms with van der Waals surface area (Å²) < 4.78 is 0. The minimum atomic E-state index is 0.447. The zero-order valence-corrected chi connectivity index (χ0v) is 12.5. The lowest BCUT2D eigenvalue weighted by Gasteiger charge is -2.13. The van der Waals surface area contributed by atoms with E-state index in [1.807, 2.05) is 0 Å². The first-order valence-corrected chi connectivity index (χ1v) is 8.05. The van der Waals surface area contributed by atoms with Crippen LogP contribution in [0.1, 0.15) is 72.1 Å². The fraction of sp³-hybridized carbons (Fsp3) is 0.882. The predicted molar refractivity (Wildman–Crippen MR) is 79.4 cm³/mol. The molecular formula is C17H31N. The molecule has 1 heteroatoms. The van der Waals surface area contributed by atoms with Crippen molar-refractivity contribution in [1.82, 2.24) is 0 Å². The maximum atomic E-state index is 6.32. The van der Waals surface area contributed by atoms with Crippen molar-refractivity contribution in [2.24, 2.45) is 23.0 Å². The number of hydrogen-bond donors (Lipinski definition) is 1. The van der Waals surface area contributed by atoms with Crippen LogP contribution in [-0.2, 0) is 0 Å². The Morgan fingerprint density at radius 1 is 1.28 bits per heavy atom. The van der Waals surface area contributed by atoms with Gasteiger partial charge < -0.3 is 5.73 Å². The normalized spacial score (nSPS) is 44.4. The molecule has 0 aromatic rings. The van der Waals surface area contributed by atoms with Crippen molar-refractivity contribution in [3.05, 3.63) is 11.6 Å². The summed E-state index contributed by atoms with van der Waals surface area (Å²) in [6.45, 7) is 7.16. The number of hydrogen-bond acceptors (Lipinski definition) is 1. The Morgan fingerprint density at radius 2 is 2.06 bits per heavy atom. The van der Waals surface area contributed by atoms with E-state index in [2.05, 4.69) is 26.8 Å². The van der Waals surface area contributed by atoms with Crippen LogP contribution in [0.4, 0.5) is 0 Å². The first kappa shape index (κ1) is 14.1. The molecule has 0 heterocycles. The third-order valence-corrected chi connectivity index (χ3v) is 5.83. The average Bonchev–Trinajstić information content (AvgIpc) is 2.93. The van der Waals surface area contributed by atoms with Crippen LogP contribution in [0.3, 0.4) is 0 Å². The summed E-state index contributed by atoms with van der Waals surface area (Å²) in [6, 6.07) is 0.447. The molecule has 2 N–H and O–H groups in total. The number of allylic oxidation sites excluding steroid dienone is 2. The molecule has 1 saturated carbocycles. The molecule has 2 aliphatic rings. The lowest BCUT2D eigenvalue weighted by molar-refractivity contribution is 0.419. The van der Waals surface area contributed by atoms with Crippen molar-refractivity contribution < 1.29 is 0 Å². The van der Waals surface area contributed by atoms with Gasteiger partial charge in [0.1, 0.15) is 0 Å². The Kier molecular flexibility index (Phi) is 4.53. The summed E-state index contributed by atoms with van der Waals surface area (Å²) in [6.07, 6.45) is 12.8. The zero-order chi connectivity index (χ0) is 13.2. The Morgan fingerprint density at radius 3 is 2.72 bits per heavy atom. The average molecular weight is 249 g/mol. The Balaban J connectivity index is 2.04. The first-order chi connectivity index (χ1) is 8.61. The fourth-order valence-corrected chi connectivity index (χ4v) is 4.15. The van der Waals surface area contributed by atoms with Crippen LogP contribution < -0.4 is 5.73 Å². The Hall–Kier alpha value is -0.300. The van der Waals surface area contributed by atoms with Gasteiger partial charge in [0.15, 0.2) is 0 Å². The van der Waals surface area contributed by atoms with Crippen LogP contribution in [0.25, 0.3) is 0 Å². The molecule has 18 heavy (non-hydrogen) atoms. The summed E-state index contributed by atoms with van der Waals surface area (Å²) in [4.78, 5) is 0. The molecule has 1 fully saturated rings. The maximum Gasteiger partial charge on any atom is 0.00418 e. The van der Waals surface area contributed by atoms with Crippen LogP contribution in [0, 0.1) is 17.3 Å². The van der Waals surface area contributed by atoms with E-state index in [1.165, 1.54) is 51.4 Å². The molecule has 0 aromatic carbocycles. The van der Waals surface area contributed by atoms with Gasteiger partial charge in [0.25, 0.3) is 0 Å². The van der Waals surface area contributed by atoms with Crippen molar-refractivity contribution in [1.29, 1.82) is 0 Å². The monoisotopic (exact) mass is 249 g/mol. The summed E-state index contributed by atoms with van der Waals surface area (Å²) in [5, 5.41) is 0. The standard InChI is InChI=1S/C17H31N/c1-4-13-8-6-7-9-14(18)12-16-15(11-10-13)17(16,3)5-2/h8,14-16H,4-7,9-12,18H2,1-3H3/b13-8+. The van der Waals surface area contributed by atoms with Crippen LogP contribution >= 0.6 is 0 Å². The van der Waals surface area contributed by atoms with E-state index in [0.29, 0.717) is 11.5 Å². The van der Waals surface area contributed by atoms with Gasteiger partial charge in [-0.1, -0.05) is 38.8 Å². The molecule has 0 bridgehead atoms. The lowest BCUT2D eigenvalue weighted by atomic mass is 9.95. The summed E-state index contributed by atoms with van der Waals surface area (Å²) in [7, 11) is 0. The van der Waals surface area contributed by atoms with Gasteiger partial charge in [-0.25, -0.2) is 0 Å². The zero-order valence-electron chi connectivity index (χ0n) is 12.5. The maximum absolute atomic E-state index is 6.32. The molecule has 0 radical (unpaired) electrons. The van der Waals surface area contributed by atoms with E-state index < -0.39 is 0 Å². The smallest absolute Gasteiger partial charge is 0.00418 e. The van der Waals surface area contributed by atoms with Gasteiger partial charge in [-0.15, -0.1) is 0 Å². The topological polar surface area (TPSA) is 26.0 Å². The quantitative estimate of drug-likeness (QED) is 0.707. The minimum absolute atomic E-state index is 0.447. The third kappa shape index (κ3) is 2.82. The van der Waals surface area contributed by atoms with E-state index in [0.717, 1.165) is 11.8 Å². The summed E-state index contributed by atoms with van der Waals surface area (Å²) in [5.74, 6) is 1.86. The highest BCUT2D eigenvalue weighted by molar-refractivity contribution is 5.11. The molecule has 2 aliphatic carbocycles. The SMILES string of the molecule is CC/C1=C\CCCC(N)CC2C(CC1)C2(C)CC. The molecule has 0 aromatic heterocycles. The van der Waals surface area contributed by atoms with Gasteiger partial charge in [0.05, 0.1) is 0 Å². The highest BCUT2D eigenvalue weighted by Crippen LogP contribution is 2.64. The highest BCUT2D eigenvalue weighted by Gasteiger charge is 2.58. The Labute approximate surface area is 113 Å². The van der Waals surface area contributed by atoms with Gasteiger partial charge in [-0.3, -0.25) is 0 Å². The minimum Gasteiger partial charge on any atom is -0.328 e. The molecule has 0 spiro atoms. The van der Waals surface area contributed by atoms with Crippen LogP contribution in [0.5, 0.6) is 0 Å². The van der Waals surface area contributed by atoms with Gasteiger partial charge in [-0.05, 0) is 62.2 Å². The number of fused-ring (bicyclic) bond motifs is 1. The largest absolute Gasteiger partial charge is 0.328 e. The van der Waals surface area contributed by atoms with Crippen LogP contribution in [0.2, 0.25) is 0 Å². The second-order valence-electron chi connectivity index (χ2n) is 6.75. The lowest BCUT2D eigenvalue weighted by Crippen LogP contribution is -2.21. The van der Waals surface area contributed by atoms with Crippen molar-refractivity contribution in [3.8, 4) is 0 Å². The highest BCUT2D eigenvalue weighted by atomic mass is 14.7. The molecule has 4 unspecified atom stereocenters. The van der Waals surface area contributed by atoms with Crippen molar-refractivity contribution in [2.75, 3.05) is 0 Å².